The molecule has 1 N–H and O–H groups in total. The Morgan fingerprint density at radius 1 is 1.09 bits per heavy atom. The minimum atomic E-state index is -0.0190. The van der Waals surface area contributed by atoms with Crippen molar-refractivity contribution in [2.24, 2.45) is 5.92 Å². The first-order chi connectivity index (χ1) is 10.7. The summed E-state index contributed by atoms with van der Waals surface area (Å²) in [5, 5.41) is 3.01. The van der Waals surface area contributed by atoms with Gasteiger partial charge in [0.05, 0.1) is 0 Å². The summed E-state index contributed by atoms with van der Waals surface area (Å²) in [6, 6.07) is 20.1. The summed E-state index contributed by atoms with van der Waals surface area (Å²) in [5.41, 5.74) is 2.01. The summed E-state index contributed by atoms with van der Waals surface area (Å²) in [4.78, 5) is 14.7. The lowest BCUT2D eigenvalue weighted by Gasteiger charge is -2.29. The van der Waals surface area contributed by atoms with Gasteiger partial charge in [0, 0.05) is 18.3 Å². The zero-order valence-corrected chi connectivity index (χ0v) is 12.9. The number of anilines is 1. The van der Waals surface area contributed by atoms with Gasteiger partial charge in [0.1, 0.15) is 0 Å². The van der Waals surface area contributed by atoms with Crippen molar-refractivity contribution >= 4 is 11.7 Å². The number of amides is 2. The first-order valence-electron chi connectivity index (χ1n) is 7.90. The maximum absolute atomic E-state index is 12.7. The van der Waals surface area contributed by atoms with Gasteiger partial charge in [-0.25, -0.2) is 4.79 Å². The number of carbonyl (C=O) groups is 1. The third-order valence-corrected chi connectivity index (χ3v) is 4.28. The van der Waals surface area contributed by atoms with Gasteiger partial charge in [-0.1, -0.05) is 48.5 Å². The van der Waals surface area contributed by atoms with Crippen LogP contribution in [0.1, 0.15) is 25.3 Å². The summed E-state index contributed by atoms with van der Waals surface area (Å²) in [5.74, 6) is 0.644. The normalized spacial score (nSPS) is 15.1. The number of carbonyl (C=O) groups excluding carboxylic acids is 1. The van der Waals surface area contributed by atoms with Gasteiger partial charge < -0.3 is 10.2 Å². The minimum absolute atomic E-state index is 0.0190. The van der Waals surface area contributed by atoms with Gasteiger partial charge in [0.2, 0.25) is 0 Å². The second kappa shape index (κ2) is 6.65. The van der Waals surface area contributed by atoms with Crippen LogP contribution < -0.4 is 5.32 Å². The molecule has 0 spiro atoms. The number of rotatable bonds is 5. The Morgan fingerprint density at radius 3 is 2.27 bits per heavy atom. The van der Waals surface area contributed by atoms with Gasteiger partial charge in [0.15, 0.2) is 0 Å². The predicted molar refractivity (Wildman–Crippen MR) is 89.6 cm³/mol. The fourth-order valence-corrected chi connectivity index (χ4v) is 2.73. The molecular weight excluding hydrogens is 272 g/mol. The van der Waals surface area contributed by atoms with Crippen LogP contribution in [0.3, 0.4) is 0 Å². The van der Waals surface area contributed by atoms with Crippen molar-refractivity contribution in [1.29, 1.82) is 0 Å². The molecule has 0 unspecified atom stereocenters. The van der Waals surface area contributed by atoms with E-state index in [1.165, 1.54) is 18.4 Å². The van der Waals surface area contributed by atoms with Crippen LogP contribution in [0.15, 0.2) is 60.7 Å². The van der Waals surface area contributed by atoms with E-state index in [9.17, 15) is 4.79 Å². The van der Waals surface area contributed by atoms with Crippen molar-refractivity contribution in [3.05, 3.63) is 66.2 Å². The van der Waals surface area contributed by atoms with E-state index >= 15 is 0 Å². The SMILES string of the molecule is C[C@@H](C1CC1)N(Cc1ccccc1)C(=O)Nc1ccccc1. The van der Waals surface area contributed by atoms with Crippen molar-refractivity contribution in [2.75, 3.05) is 5.32 Å². The average molecular weight is 294 g/mol. The van der Waals surface area contributed by atoms with Crippen LogP contribution in [0.2, 0.25) is 0 Å². The second-order valence-electron chi connectivity index (χ2n) is 5.99. The Kier molecular flexibility index (Phi) is 4.42. The number of para-hydroxylation sites is 1. The molecule has 1 saturated carbocycles. The fourth-order valence-electron chi connectivity index (χ4n) is 2.73. The molecule has 0 heterocycles. The molecule has 3 heteroatoms. The molecule has 0 bridgehead atoms. The Labute approximate surface area is 132 Å². The number of hydrogen-bond donors (Lipinski definition) is 1. The van der Waals surface area contributed by atoms with Crippen molar-refractivity contribution in [1.82, 2.24) is 4.90 Å². The molecule has 1 aliphatic carbocycles. The van der Waals surface area contributed by atoms with E-state index in [1.54, 1.807) is 0 Å². The van der Waals surface area contributed by atoms with Gasteiger partial charge in [-0.15, -0.1) is 0 Å². The molecule has 1 aliphatic rings. The Hall–Kier alpha value is -2.29. The van der Waals surface area contributed by atoms with Crippen LogP contribution in [0, 0.1) is 5.92 Å². The molecule has 3 nitrogen and oxygen atoms in total. The molecule has 0 aliphatic heterocycles. The number of urea groups is 1. The molecule has 1 atom stereocenters. The predicted octanol–water partition coefficient (Wildman–Crippen LogP) is 4.52. The molecule has 114 valence electrons. The van der Waals surface area contributed by atoms with E-state index in [0.29, 0.717) is 12.5 Å². The van der Waals surface area contributed by atoms with Gasteiger partial charge in [-0.05, 0) is 43.4 Å². The largest absolute Gasteiger partial charge is 0.322 e. The van der Waals surface area contributed by atoms with Crippen LogP contribution in [0.25, 0.3) is 0 Å². The lowest BCUT2D eigenvalue weighted by atomic mass is 10.1. The van der Waals surface area contributed by atoms with E-state index in [1.807, 2.05) is 53.4 Å². The minimum Gasteiger partial charge on any atom is -0.317 e. The third-order valence-electron chi connectivity index (χ3n) is 4.28. The molecule has 2 amide bonds. The van der Waals surface area contributed by atoms with Crippen molar-refractivity contribution in [3.8, 4) is 0 Å². The maximum Gasteiger partial charge on any atom is 0.322 e. The Bertz CT molecular complexity index is 608. The van der Waals surface area contributed by atoms with Crippen LogP contribution in [-0.4, -0.2) is 17.0 Å². The smallest absolute Gasteiger partial charge is 0.317 e. The van der Waals surface area contributed by atoms with Crippen LogP contribution in [-0.2, 0) is 6.54 Å². The van der Waals surface area contributed by atoms with E-state index in [2.05, 4.69) is 24.4 Å². The standard InChI is InChI=1S/C19H22N2O/c1-15(17-12-13-17)21(14-16-8-4-2-5-9-16)19(22)20-18-10-6-3-7-11-18/h2-11,15,17H,12-14H2,1H3,(H,20,22)/t15-/m0/s1. The molecule has 0 radical (unpaired) electrons. The van der Waals surface area contributed by atoms with Gasteiger partial charge in [-0.3, -0.25) is 0 Å². The summed E-state index contributed by atoms with van der Waals surface area (Å²) in [7, 11) is 0. The van der Waals surface area contributed by atoms with E-state index in [-0.39, 0.29) is 12.1 Å². The van der Waals surface area contributed by atoms with Crippen molar-refractivity contribution in [2.45, 2.75) is 32.4 Å². The molecule has 3 rings (SSSR count). The molecular formula is C19H22N2O. The second-order valence-corrected chi connectivity index (χ2v) is 5.99. The highest BCUT2D eigenvalue weighted by Crippen LogP contribution is 2.35. The summed E-state index contributed by atoms with van der Waals surface area (Å²) < 4.78 is 0. The van der Waals surface area contributed by atoms with Crippen molar-refractivity contribution in [3.63, 3.8) is 0 Å². The van der Waals surface area contributed by atoms with Gasteiger partial charge in [-0.2, -0.15) is 0 Å². The summed E-state index contributed by atoms with van der Waals surface area (Å²) >= 11 is 0. The van der Waals surface area contributed by atoms with E-state index in [4.69, 9.17) is 0 Å². The van der Waals surface area contributed by atoms with Gasteiger partial charge >= 0.3 is 6.03 Å². The first kappa shape index (κ1) is 14.6. The molecule has 2 aromatic carbocycles. The third kappa shape index (κ3) is 3.67. The van der Waals surface area contributed by atoms with E-state index in [0.717, 1.165) is 5.69 Å². The highest BCUT2D eigenvalue weighted by molar-refractivity contribution is 5.89. The Balaban J connectivity index is 1.74. The number of hydrogen-bond acceptors (Lipinski definition) is 1. The zero-order chi connectivity index (χ0) is 15.4. The molecule has 0 aromatic heterocycles. The lowest BCUT2D eigenvalue weighted by molar-refractivity contribution is 0.181. The number of nitrogens with zero attached hydrogens (tertiary/aromatic N) is 1. The quantitative estimate of drug-likeness (QED) is 0.864. The lowest BCUT2D eigenvalue weighted by Crippen LogP contribution is -2.42. The molecule has 1 fully saturated rings. The average Bonchev–Trinajstić information content (AvgIpc) is 3.39. The number of benzene rings is 2. The number of nitrogens with one attached hydrogen (secondary N) is 1. The maximum atomic E-state index is 12.7. The monoisotopic (exact) mass is 294 g/mol. The first-order valence-corrected chi connectivity index (χ1v) is 7.90. The van der Waals surface area contributed by atoms with Crippen LogP contribution >= 0.6 is 0 Å². The van der Waals surface area contributed by atoms with Crippen LogP contribution in [0.5, 0.6) is 0 Å². The highest BCUT2D eigenvalue weighted by atomic mass is 16.2. The van der Waals surface area contributed by atoms with Crippen molar-refractivity contribution < 1.29 is 4.79 Å². The Morgan fingerprint density at radius 2 is 1.68 bits per heavy atom. The summed E-state index contributed by atoms with van der Waals surface area (Å²) in [6.07, 6.45) is 2.45. The summed E-state index contributed by atoms with van der Waals surface area (Å²) in [6.45, 7) is 2.81. The van der Waals surface area contributed by atoms with E-state index < -0.39 is 0 Å². The van der Waals surface area contributed by atoms with Gasteiger partial charge in [0.25, 0.3) is 0 Å². The molecule has 0 saturated heterocycles. The molecule has 2 aromatic rings. The topological polar surface area (TPSA) is 32.3 Å². The molecule has 22 heavy (non-hydrogen) atoms. The fraction of sp³-hybridized carbons (Fsp3) is 0.316. The zero-order valence-electron chi connectivity index (χ0n) is 12.9. The van der Waals surface area contributed by atoms with Crippen LogP contribution in [0.4, 0.5) is 10.5 Å². The highest BCUT2D eigenvalue weighted by Gasteiger charge is 2.34.